The van der Waals surface area contributed by atoms with Crippen molar-refractivity contribution in [3.63, 3.8) is 0 Å². The maximum Gasteiger partial charge on any atom is 0.0342 e. The highest BCUT2D eigenvalue weighted by Gasteiger charge is 2.04. The molecule has 1 aromatic carbocycles. The normalized spacial score (nSPS) is 14.0. The van der Waals surface area contributed by atoms with Gasteiger partial charge in [-0.1, -0.05) is 65.0 Å². The topological polar surface area (TPSA) is 12.0 Å². The van der Waals surface area contributed by atoms with Crippen LogP contribution in [0.4, 0.5) is 5.69 Å². The Bertz CT molecular complexity index is 341. The van der Waals surface area contributed by atoms with Crippen molar-refractivity contribution in [1.29, 1.82) is 0 Å². The van der Waals surface area contributed by atoms with Crippen molar-refractivity contribution in [2.75, 3.05) is 5.32 Å². The molecule has 20 heavy (non-hydrogen) atoms. The van der Waals surface area contributed by atoms with Crippen molar-refractivity contribution < 1.29 is 0 Å². The predicted octanol–water partition coefficient (Wildman–Crippen LogP) is 6.36. The lowest BCUT2D eigenvalue weighted by Crippen LogP contribution is -2.14. The molecular weight excluding hydrogens is 242 g/mol. The summed E-state index contributed by atoms with van der Waals surface area (Å²) in [6.45, 7) is 9.11. The minimum absolute atomic E-state index is 0.575. The average Bonchev–Trinajstić information content (AvgIpc) is 2.47. The molecule has 0 amide bonds. The van der Waals surface area contributed by atoms with Crippen molar-refractivity contribution in [2.45, 2.75) is 84.6 Å². The highest BCUT2D eigenvalue weighted by atomic mass is 14.9. The first-order valence-electron chi connectivity index (χ1n) is 8.53. The predicted molar refractivity (Wildman–Crippen MR) is 91.6 cm³/mol. The third-order valence-electron chi connectivity index (χ3n) is 4.25. The number of hydrogen-bond donors (Lipinski definition) is 1. The van der Waals surface area contributed by atoms with Gasteiger partial charge in [-0.2, -0.15) is 0 Å². The number of anilines is 1. The second-order valence-corrected chi connectivity index (χ2v) is 6.18. The molecule has 0 aliphatic carbocycles. The summed E-state index contributed by atoms with van der Waals surface area (Å²) in [5.74, 6) is 0.667. The van der Waals surface area contributed by atoms with Gasteiger partial charge in [-0.25, -0.2) is 0 Å². The van der Waals surface area contributed by atoms with E-state index in [-0.39, 0.29) is 0 Å². The lowest BCUT2D eigenvalue weighted by atomic mass is 9.98. The molecule has 1 heteroatoms. The van der Waals surface area contributed by atoms with Gasteiger partial charge in [0.05, 0.1) is 0 Å². The molecule has 2 atom stereocenters. The monoisotopic (exact) mass is 275 g/mol. The standard InChI is InChI=1S/C19H33N/c1-5-7-8-9-10-11-17(4)20-19-14-12-18(13-15-19)16(3)6-2/h12-17,20H,5-11H2,1-4H3. The molecule has 0 aromatic heterocycles. The number of hydrogen-bond acceptors (Lipinski definition) is 1. The summed E-state index contributed by atoms with van der Waals surface area (Å²) in [4.78, 5) is 0. The summed E-state index contributed by atoms with van der Waals surface area (Å²) in [5.41, 5.74) is 2.71. The summed E-state index contributed by atoms with van der Waals surface area (Å²) >= 11 is 0. The van der Waals surface area contributed by atoms with E-state index in [2.05, 4.69) is 57.3 Å². The van der Waals surface area contributed by atoms with E-state index in [1.165, 1.54) is 56.2 Å². The minimum atomic E-state index is 0.575. The molecule has 1 aromatic rings. The van der Waals surface area contributed by atoms with Crippen LogP contribution < -0.4 is 5.32 Å². The van der Waals surface area contributed by atoms with Crippen LogP contribution in [0, 0.1) is 0 Å². The molecule has 114 valence electrons. The van der Waals surface area contributed by atoms with E-state index in [0.717, 1.165) is 0 Å². The minimum Gasteiger partial charge on any atom is -0.383 e. The Morgan fingerprint density at radius 3 is 2.15 bits per heavy atom. The van der Waals surface area contributed by atoms with Crippen LogP contribution in [-0.4, -0.2) is 6.04 Å². The van der Waals surface area contributed by atoms with E-state index >= 15 is 0 Å². The van der Waals surface area contributed by atoms with Crippen LogP contribution in [0.3, 0.4) is 0 Å². The number of rotatable bonds is 10. The van der Waals surface area contributed by atoms with Gasteiger partial charge in [0.1, 0.15) is 0 Å². The molecule has 0 spiro atoms. The molecule has 0 aliphatic heterocycles. The summed E-state index contributed by atoms with van der Waals surface area (Å²) in [6, 6.07) is 9.57. The molecule has 0 fully saturated rings. The van der Waals surface area contributed by atoms with Crippen molar-refractivity contribution in [1.82, 2.24) is 0 Å². The third-order valence-corrected chi connectivity index (χ3v) is 4.25. The van der Waals surface area contributed by atoms with Crippen LogP contribution in [0.15, 0.2) is 24.3 Å². The maximum atomic E-state index is 3.62. The average molecular weight is 275 g/mol. The van der Waals surface area contributed by atoms with E-state index in [1.54, 1.807) is 0 Å². The van der Waals surface area contributed by atoms with Crippen molar-refractivity contribution in [2.24, 2.45) is 0 Å². The summed E-state index contributed by atoms with van der Waals surface area (Å²) in [6.07, 6.45) is 9.33. The first-order valence-corrected chi connectivity index (χ1v) is 8.53. The Kier molecular flexibility index (Phi) is 8.41. The van der Waals surface area contributed by atoms with Gasteiger partial charge in [0.2, 0.25) is 0 Å². The van der Waals surface area contributed by atoms with Gasteiger partial charge in [-0.3, -0.25) is 0 Å². The van der Waals surface area contributed by atoms with E-state index < -0.39 is 0 Å². The molecule has 0 heterocycles. The SMILES string of the molecule is CCCCCCCC(C)Nc1ccc(C(C)CC)cc1. The highest BCUT2D eigenvalue weighted by molar-refractivity contribution is 5.45. The summed E-state index contributed by atoms with van der Waals surface area (Å²) in [5, 5.41) is 3.62. The molecule has 0 radical (unpaired) electrons. The lowest BCUT2D eigenvalue weighted by molar-refractivity contribution is 0.578. The van der Waals surface area contributed by atoms with Gasteiger partial charge in [0.25, 0.3) is 0 Å². The van der Waals surface area contributed by atoms with Crippen LogP contribution in [0.2, 0.25) is 0 Å². The zero-order valence-corrected chi connectivity index (χ0v) is 13.9. The van der Waals surface area contributed by atoms with Crippen LogP contribution in [0.1, 0.15) is 84.1 Å². The Balaban J connectivity index is 2.29. The van der Waals surface area contributed by atoms with E-state index in [1.807, 2.05) is 0 Å². The molecular formula is C19H33N. The molecule has 0 bridgehead atoms. The fraction of sp³-hybridized carbons (Fsp3) is 0.684. The second kappa shape index (κ2) is 9.85. The third kappa shape index (κ3) is 6.45. The first-order chi connectivity index (χ1) is 9.67. The largest absolute Gasteiger partial charge is 0.383 e. The molecule has 1 nitrogen and oxygen atoms in total. The molecule has 2 unspecified atom stereocenters. The zero-order valence-electron chi connectivity index (χ0n) is 13.9. The van der Waals surface area contributed by atoms with Crippen LogP contribution in [0.5, 0.6) is 0 Å². The van der Waals surface area contributed by atoms with Gasteiger partial charge in [0, 0.05) is 11.7 Å². The smallest absolute Gasteiger partial charge is 0.0342 e. The molecule has 0 aliphatic rings. The van der Waals surface area contributed by atoms with Crippen molar-refractivity contribution in [3.8, 4) is 0 Å². The van der Waals surface area contributed by atoms with E-state index in [0.29, 0.717) is 12.0 Å². The van der Waals surface area contributed by atoms with Crippen LogP contribution in [0.25, 0.3) is 0 Å². The number of benzene rings is 1. The van der Waals surface area contributed by atoms with Gasteiger partial charge >= 0.3 is 0 Å². The Hall–Kier alpha value is -0.980. The van der Waals surface area contributed by atoms with E-state index in [4.69, 9.17) is 0 Å². The van der Waals surface area contributed by atoms with Gasteiger partial charge < -0.3 is 5.32 Å². The lowest BCUT2D eigenvalue weighted by Gasteiger charge is -2.16. The summed E-state index contributed by atoms with van der Waals surface area (Å²) < 4.78 is 0. The summed E-state index contributed by atoms with van der Waals surface area (Å²) in [7, 11) is 0. The fourth-order valence-electron chi connectivity index (χ4n) is 2.55. The molecule has 1 N–H and O–H groups in total. The second-order valence-electron chi connectivity index (χ2n) is 6.18. The number of nitrogens with one attached hydrogen (secondary N) is 1. The van der Waals surface area contributed by atoms with Gasteiger partial charge in [0.15, 0.2) is 0 Å². The fourth-order valence-corrected chi connectivity index (χ4v) is 2.55. The highest BCUT2D eigenvalue weighted by Crippen LogP contribution is 2.21. The van der Waals surface area contributed by atoms with E-state index in [9.17, 15) is 0 Å². The molecule has 1 rings (SSSR count). The van der Waals surface area contributed by atoms with Crippen LogP contribution in [-0.2, 0) is 0 Å². The van der Waals surface area contributed by atoms with Gasteiger partial charge in [-0.05, 0) is 43.4 Å². The van der Waals surface area contributed by atoms with Crippen LogP contribution >= 0.6 is 0 Å². The first kappa shape index (κ1) is 17.1. The zero-order chi connectivity index (χ0) is 14.8. The van der Waals surface area contributed by atoms with Crippen molar-refractivity contribution >= 4 is 5.69 Å². The van der Waals surface area contributed by atoms with Gasteiger partial charge in [-0.15, -0.1) is 0 Å². The maximum absolute atomic E-state index is 3.62. The molecule has 0 saturated carbocycles. The van der Waals surface area contributed by atoms with Crippen molar-refractivity contribution in [3.05, 3.63) is 29.8 Å². The molecule has 0 saturated heterocycles. The Labute approximate surface area is 126 Å². The number of unbranched alkanes of at least 4 members (excludes halogenated alkanes) is 4. The Morgan fingerprint density at radius 1 is 0.900 bits per heavy atom. The Morgan fingerprint density at radius 2 is 1.55 bits per heavy atom. The quantitative estimate of drug-likeness (QED) is 0.490.